The van der Waals surface area contributed by atoms with Gasteiger partial charge in [0.2, 0.25) is 0 Å². The van der Waals surface area contributed by atoms with Gasteiger partial charge in [-0.25, -0.2) is 0 Å². The summed E-state index contributed by atoms with van der Waals surface area (Å²) in [6, 6.07) is 5.11. The fourth-order valence-electron chi connectivity index (χ4n) is 2.85. The van der Waals surface area contributed by atoms with Gasteiger partial charge in [0, 0.05) is 30.7 Å². The normalized spacial score (nSPS) is 15.2. The van der Waals surface area contributed by atoms with Crippen molar-refractivity contribution in [3.8, 4) is 5.75 Å². The zero-order valence-corrected chi connectivity index (χ0v) is 12.2. The van der Waals surface area contributed by atoms with Gasteiger partial charge in [0.1, 0.15) is 5.75 Å². The van der Waals surface area contributed by atoms with Crippen LogP contribution >= 0.6 is 0 Å². The van der Waals surface area contributed by atoms with Crippen LogP contribution in [0.15, 0.2) is 12.1 Å². The number of methoxy groups -OCH3 is 1. The van der Waals surface area contributed by atoms with Crippen LogP contribution < -0.4 is 10.1 Å². The second-order valence-corrected chi connectivity index (χ2v) is 5.65. The smallest absolute Gasteiger partial charge is 0.143 e. The molecular weight excluding hydrogens is 236 g/mol. The summed E-state index contributed by atoms with van der Waals surface area (Å²) in [6.45, 7) is 5.28. The van der Waals surface area contributed by atoms with Crippen LogP contribution in [0.5, 0.6) is 5.75 Å². The van der Waals surface area contributed by atoms with Crippen LogP contribution in [-0.4, -0.2) is 17.7 Å². The van der Waals surface area contributed by atoms with Gasteiger partial charge in [-0.3, -0.25) is 0 Å². The third kappa shape index (κ3) is 2.12. The van der Waals surface area contributed by atoms with E-state index >= 15 is 0 Å². The van der Waals surface area contributed by atoms with Crippen molar-refractivity contribution in [3.63, 3.8) is 0 Å². The Morgan fingerprint density at radius 1 is 1.32 bits per heavy atom. The van der Waals surface area contributed by atoms with E-state index in [1.165, 1.54) is 40.6 Å². The van der Waals surface area contributed by atoms with Crippen molar-refractivity contribution in [3.05, 3.63) is 29.0 Å². The van der Waals surface area contributed by atoms with E-state index in [0.29, 0.717) is 0 Å². The lowest BCUT2D eigenvalue weighted by atomic mass is 10.1. The first-order chi connectivity index (χ1) is 9.11. The predicted octanol–water partition coefficient (Wildman–Crippen LogP) is 3.06. The van der Waals surface area contributed by atoms with E-state index in [-0.39, 0.29) is 0 Å². The summed E-state index contributed by atoms with van der Waals surface area (Å²) < 4.78 is 7.83. The van der Waals surface area contributed by atoms with E-state index in [1.807, 2.05) is 0 Å². The lowest BCUT2D eigenvalue weighted by molar-refractivity contribution is 0.417. The Bertz CT molecular complexity index is 623. The van der Waals surface area contributed by atoms with E-state index in [1.54, 1.807) is 7.11 Å². The second-order valence-electron chi connectivity index (χ2n) is 5.65. The molecule has 0 bridgehead atoms. The molecule has 2 aromatic rings. The maximum Gasteiger partial charge on any atom is 0.143 e. The molecule has 1 heterocycles. The second kappa shape index (κ2) is 4.57. The van der Waals surface area contributed by atoms with E-state index < -0.39 is 0 Å². The molecule has 3 heteroatoms. The molecule has 3 nitrogen and oxygen atoms in total. The highest BCUT2D eigenvalue weighted by atomic mass is 16.5. The molecule has 1 fully saturated rings. The predicted molar refractivity (Wildman–Crippen MR) is 78.8 cm³/mol. The molecule has 1 aliphatic rings. The summed E-state index contributed by atoms with van der Waals surface area (Å²) in [6.07, 6.45) is 2.65. The lowest BCUT2D eigenvalue weighted by Crippen LogP contribution is -2.18. The number of ether oxygens (including phenoxy) is 1. The molecule has 0 atom stereocenters. The van der Waals surface area contributed by atoms with Gasteiger partial charge in [-0.2, -0.15) is 0 Å². The van der Waals surface area contributed by atoms with Crippen LogP contribution in [0.2, 0.25) is 0 Å². The van der Waals surface area contributed by atoms with Crippen molar-refractivity contribution < 1.29 is 4.74 Å². The summed E-state index contributed by atoms with van der Waals surface area (Å²) in [7, 11) is 3.88. The summed E-state index contributed by atoms with van der Waals surface area (Å²) in [5.74, 6) is 0.971. The van der Waals surface area contributed by atoms with Crippen LogP contribution in [-0.2, 0) is 13.6 Å². The minimum Gasteiger partial charge on any atom is -0.495 e. The first-order valence-electron chi connectivity index (χ1n) is 6.97. The van der Waals surface area contributed by atoms with Crippen LogP contribution in [0.4, 0.5) is 0 Å². The van der Waals surface area contributed by atoms with Crippen molar-refractivity contribution in [2.45, 2.75) is 39.3 Å². The Morgan fingerprint density at radius 3 is 2.68 bits per heavy atom. The van der Waals surface area contributed by atoms with E-state index in [4.69, 9.17) is 4.74 Å². The maximum absolute atomic E-state index is 5.55. The number of hydrogen-bond acceptors (Lipinski definition) is 2. The number of rotatable bonds is 4. The Labute approximate surface area is 114 Å². The number of nitrogens with one attached hydrogen (secondary N) is 1. The molecule has 102 valence electrons. The Morgan fingerprint density at radius 2 is 2.05 bits per heavy atom. The van der Waals surface area contributed by atoms with Crippen molar-refractivity contribution in [1.29, 1.82) is 0 Å². The minimum absolute atomic E-state index is 0.737. The molecule has 0 unspecified atom stereocenters. The molecule has 1 saturated carbocycles. The van der Waals surface area contributed by atoms with Crippen LogP contribution in [0, 0.1) is 13.8 Å². The minimum atomic E-state index is 0.737. The van der Waals surface area contributed by atoms with Crippen LogP contribution in [0.1, 0.15) is 29.7 Å². The molecule has 1 aromatic carbocycles. The zero-order chi connectivity index (χ0) is 13.6. The lowest BCUT2D eigenvalue weighted by Gasteiger charge is -2.09. The SMILES string of the molecule is COc1cc(C)cc2c(C)c(CNC3CC3)n(C)c12. The van der Waals surface area contributed by atoms with Gasteiger partial charge in [-0.1, -0.05) is 0 Å². The molecule has 19 heavy (non-hydrogen) atoms. The van der Waals surface area contributed by atoms with Crippen molar-refractivity contribution in [1.82, 2.24) is 9.88 Å². The number of hydrogen-bond donors (Lipinski definition) is 1. The monoisotopic (exact) mass is 258 g/mol. The van der Waals surface area contributed by atoms with Gasteiger partial charge in [0.25, 0.3) is 0 Å². The number of aryl methyl sites for hydroxylation is 3. The summed E-state index contributed by atoms with van der Waals surface area (Å²) in [5.41, 5.74) is 5.19. The summed E-state index contributed by atoms with van der Waals surface area (Å²) in [4.78, 5) is 0. The van der Waals surface area contributed by atoms with Crippen LogP contribution in [0.3, 0.4) is 0 Å². The molecule has 1 aliphatic carbocycles. The highest BCUT2D eigenvalue weighted by Crippen LogP contribution is 2.33. The molecule has 1 aromatic heterocycles. The Hall–Kier alpha value is -1.48. The topological polar surface area (TPSA) is 26.2 Å². The first-order valence-corrected chi connectivity index (χ1v) is 6.97. The van der Waals surface area contributed by atoms with E-state index in [2.05, 4.69) is 42.9 Å². The number of fused-ring (bicyclic) bond motifs is 1. The molecule has 0 saturated heterocycles. The fraction of sp³-hybridized carbons (Fsp3) is 0.500. The van der Waals surface area contributed by atoms with Crippen molar-refractivity contribution in [2.75, 3.05) is 7.11 Å². The van der Waals surface area contributed by atoms with E-state index in [0.717, 1.165) is 18.3 Å². The quantitative estimate of drug-likeness (QED) is 0.912. The molecule has 0 amide bonds. The maximum atomic E-state index is 5.55. The highest BCUT2D eigenvalue weighted by molar-refractivity contribution is 5.91. The largest absolute Gasteiger partial charge is 0.495 e. The molecule has 0 radical (unpaired) electrons. The van der Waals surface area contributed by atoms with E-state index in [9.17, 15) is 0 Å². The summed E-state index contributed by atoms with van der Waals surface area (Å²) >= 11 is 0. The fourth-order valence-corrected chi connectivity index (χ4v) is 2.85. The van der Waals surface area contributed by atoms with Gasteiger partial charge in [-0.15, -0.1) is 0 Å². The number of nitrogens with zero attached hydrogens (tertiary/aromatic N) is 1. The number of benzene rings is 1. The Kier molecular flexibility index (Phi) is 3.02. The summed E-state index contributed by atoms with van der Waals surface area (Å²) in [5, 5.41) is 4.92. The zero-order valence-electron chi connectivity index (χ0n) is 12.2. The van der Waals surface area contributed by atoms with Gasteiger partial charge < -0.3 is 14.6 Å². The van der Waals surface area contributed by atoms with Crippen molar-refractivity contribution >= 4 is 10.9 Å². The molecule has 3 rings (SSSR count). The van der Waals surface area contributed by atoms with Crippen LogP contribution in [0.25, 0.3) is 10.9 Å². The third-order valence-corrected chi connectivity index (χ3v) is 4.15. The number of aromatic nitrogens is 1. The molecular formula is C16H22N2O. The highest BCUT2D eigenvalue weighted by Gasteiger charge is 2.22. The standard InChI is InChI=1S/C16H22N2O/c1-10-7-13-11(2)14(9-17-12-5-6-12)18(3)16(13)15(8-10)19-4/h7-8,12,17H,5-6,9H2,1-4H3. The molecule has 0 aliphatic heterocycles. The van der Waals surface area contributed by atoms with Gasteiger partial charge in [-0.05, 0) is 49.9 Å². The average Bonchev–Trinajstić information content (AvgIpc) is 3.17. The first kappa shape index (κ1) is 12.5. The van der Waals surface area contributed by atoms with Gasteiger partial charge in [0.05, 0.1) is 12.6 Å². The van der Waals surface area contributed by atoms with Crippen molar-refractivity contribution in [2.24, 2.45) is 7.05 Å². The average molecular weight is 258 g/mol. The molecule has 0 spiro atoms. The van der Waals surface area contributed by atoms with Gasteiger partial charge >= 0.3 is 0 Å². The third-order valence-electron chi connectivity index (χ3n) is 4.15. The van der Waals surface area contributed by atoms with Gasteiger partial charge in [0.15, 0.2) is 0 Å². The molecule has 1 N–H and O–H groups in total. The Balaban J connectivity index is 2.11.